The van der Waals surface area contributed by atoms with Crippen LogP contribution in [0.5, 0.6) is 0 Å². The second-order valence-electron chi connectivity index (χ2n) is 7.01. The molecule has 3 rings (SSSR count). The van der Waals surface area contributed by atoms with Gasteiger partial charge in [-0.15, -0.1) is 0 Å². The van der Waals surface area contributed by atoms with Gasteiger partial charge in [0.05, 0.1) is 21.2 Å². The third-order valence-corrected chi connectivity index (χ3v) is 7.63. The Morgan fingerprint density at radius 3 is 2.38 bits per heavy atom. The second kappa shape index (κ2) is 11.1. The fraction of sp³-hybridized carbons (Fsp3) is 0.174. The first-order chi connectivity index (χ1) is 15.3. The zero-order chi connectivity index (χ0) is 23.1. The van der Waals surface area contributed by atoms with E-state index in [1.165, 1.54) is 30.3 Å². The molecule has 0 aliphatic carbocycles. The van der Waals surface area contributed by atoms with Gasteiger partial charge in [0.15, 0.2) is 0 Å². The SMILES string of the molecule is Cc1ccc(S(=O)(=O)Nc2ccc(C(=O)NCCSCc3ccccc3Cl)c(Cl)c2)cc1. The van der Waals surface area contributed by atoms with Crippen LogP contribution in [0.15, 0.2) is 71.6 Å². The molecule has 32 heavy (non-hydrogen) atoms. The Balaban J connectivity index is 1.53. The van der Waals surface area contributed by atoms with E-state index in [9.17, 15) is 13.2 Å². The van der Waals surface area contributed by atoms with Gasteiger partial charge in [0, 0.05) is 23.1 Å². The molecule has 1 amide bonds. The lowest BCUT2D eigenvalue weighted by atomic mass is 10.2. The van der Waals surface area contributed by atoms with Crippen LogP contribution in [0.3, 0.4) is 0 Å². The average Bonchev–Trinajstić information content (AvgIpc) is 2.74. The number of anilines is 1. The number of aryl methyl sites for hydroxylation is 1. The molecular weight excluding hydrogens is 487 g/mol. The van der Waals surface area contributed by atoms with Crippen molar-refractivity contribution in [3.05, 3.63) is 93.5 Å². The Labute approximate surface area is 202 Å². The number of thioether (sulfide) groups is 1. The predicted molar refractivity (Wildman–Crippen MR) is 133 cm³/mol. The first-order valence-electron chi connectivity index (χ1n) is 9.74. The lowest BCUT2D eigenvalue weighted by Crippen LogP contribution is -2.26. The highest BCUT2D eigenvalue weighted by Gasteiger charge is 2.16. The van der Waals surface area contributed by atoms with E-state index in [-0.39, 0.29) is 27.1 Å². The summed E-state index contributed by atoms with van der Waals surface area (Å²) in [7, 11) is -3.75. The van der Waals surface area contributed by atoms with E-state index in [0.717, 1.165) is 21.9 Å². The zero-order valence-corrected chi connectivity index (χ0v) is 20.4. The van der Waals surface area contributed by atoms with Crippen molar-refractivity contribution in [2.24, 2.45) is 0 Å². The van der Waals surface area contributed by atoms with Crippen molar-refractivity contribution >= 4 is 56.6 Å². The van der Waals surface area contributed by atoms with Crippen molar-refractivity contribution in [3.63, 3.8) is 0 Å². The largest absolute Gasteiger partial charge is 0.351 e. The molecule has 0 fully saturated rings. The van der Waals surface area contributed by atoms with E-state index in [0.29, 0.717) is 12.3 Å². The van der Waals surface area contributed by atoms with Crippen LogP contribution < -0.4 is 10.0 Å². The fourth-order valence-corrected chi connectivity index (χ4v) is 5.28. The standard InChI is InChI=1S/C23H22Cl2N2O3S2/c1-16-6-9-19(10-7-16)32(29,30)27-18-8-11-20(22(25)14-18)23(28)26-12-13-31-15-17-4-2-3-5-21(17)24/h2-11,14,27H,12-13,15H2,1H3,(H,26,28). The Morgan fingerprint density at radius 1 is 0.969 bits per heavy atom. The predicted octanol–water partition coefficient (Wildman–Crippen LogP) is 5.77. The molecule has 0 radical (unpaired) electrons. The number of rotatable bonds is 9. The van der Waals surface area contributed by atoms with Gasteiger partial charge in [-0.25, -0.2) is 8.42 Å². The van der Waals surface area contributed by atoms with Crippen LogP contribution >= 0.6 is 35.0 Å². The smallest absolute Gasteiger partial charge is 0.261 e. The van der Waals surface area contributed by atoms with Crippen LogP contribution in [0, 0.1) is 6.92 Å². The van der Waals surface area contributed by atoms with E-state index in [1.54, 1.807) is 23.9 Å². The first-order valence-corrected chi connectivity index (χ1v) is 13.1. The lowest BCUT2D eigenvalue weighted by molar-refractivity contribution is 0.0956. The van der Waals surface area contributed by atoms with Crippen LogP contribution in [0.25, 0.3) is 0 Å². The maximum Gasteiger partial charge on any atom is 0.261 e. The molecule has 168 valence electrons. The summed E-state index contributed by atoms with van der Waals surface area (Å²) in [5, 5.41) is 3.72. The molecule has 9 heteroatoms. The molecule has 0 aliphatic rings. The zero-order valence-electron chi connectivity index (χ0n) is 17.3. The van der Waals surface area contributed by atoms with Crippen LogP contribution in [-0.4, -0.2) is 26.6 Å². The van der Waals surface area contributed by atoms with Gasteiger partial charge < -0.3 is 5.32 Å². The molecule has 0 saturated carbocycles. The number of carbonyl (C=O) groups excluding carboxylic acids is 1. The maximum absolute atomic E-state index is 12.5. The van der Waals surface area contributed by atoms with Crippen LogP contribution in [-0.2, 0) is 15.8 Å². The number of hydrogen-bond donors (Lipinski definition) is 2. The average molecular weight is 509 g/mol. The molecule has 0 aromatic heterocycles. The van der Waals surface area contributed by atoms with Crippen molar-refractivity contribution in [3.8, 4) is 0 Å². The van der Waals surface area contributed by atoms with E-state index in [4.69, 9.17) is 23.2 Å². The Morgan fingerprint density at radius 2 is 1.69 bits per heavy atom. The van der Waals surface area contributed by atoms with Gasteiger partial charge in [0.2, 0.25) is 0 Å². The molecule has 0 spiro atoms. The monoisotopic (exact) mass is 508 g/mol. The summed E-state index contributed by atoms with van der Waals surface area (Å²) in [6.07, 6.45) is 0. The number of benzene rings is 3. The van der Waals surface area contributed by atoms with Crippen LogP contribution in [0.2, 0.25) is 10.0 Å². The summed E-state index contributed by atoms with van der Waals surface area (Å²) >= 11 is 14.0. The highest BCUT2D eigenvalue weighted by atomic mass is 35.5. The minimum Gasteiger partial charge on any atom is -0.351 e. The summed E-state index contributed by atoms with van der Waals surface area (Å²) in [5.41, 5.74) is 2.57. The molecule has 0 aliphatic heterocycles. The van der Waals surface area contributed by atoms with E-state index in [1.807, 2.05) is 31.2 Å². The van der Waals surface area contributed by atoms with Gasteiger partial charge in [0.25, 0.3) is 15.9 Å². The van der Waals surface area contributed by atoms with Crippen molar-refractivity contribution < 1.29 is 13.2 Å². The molecule has 0 bridgehead atoms. The first kappa shape index (κ1) is 24.5. The van der Waals surface area contributed by atoms with Crippen LogP contribution in [0.1, 0.15) is 21.5 Å². The molecule has 0 unspecified atom stereocenters. The highest BCUT2D eigenvalue weighted by Crippen LogP contribution is 2.24. The molecule has 0 saturated heterocycles. The van der Waals surface area contributed by atoms with Crippen molar-refractivity contribution in [2.75, 3.05) is 17.0 Å². The van der Waals surface area contributed by atoms with Gasteiger partial charge in [-0.2, -0.15) is 11.8 Å². The lowest BCUT2D eigenvalue weighted by Gasteiger charge is -2.11. The third-order valence-electron chi connectivity index (χ3n) is 4.54. The van der Waals surface area contributed by atoms with Gasteiger partial charge >= 0.3 is 0 Å². The Bertz CT molecular complexity index is 1200. The number of sulfonamides is 1. The van der Waals surface area contributed by atoms with Crippen molar-refractivity contribution in [1.29, 1.82) is 0 Å². The van der Waals surface area contributed by atoms with Gasteiger partial charge in [0.1, 0.15) is 0 Å². The Kier molecular flexibility index (Phi) is 8.48. The van der Waals surface area contributed by atoms with E-state index in [2.05, 4.69) is 10.0 Å². The second-order valence-corrected chi connectivity index (χ2v) is 10.6. The summed E-state index contributed by atoms with van der Waals surface area (Å²) < 4.78 is 27.5. The van der Waals surface area contributed by atoms with Crippen molar-refractivity contribution in [1.82, 2.24) is 5.32 Å². The maximum atomic E-state index is 12.5. The minimum absolute atomic E-state index is 0.148. The fourth-order valence-electron chi connectivity index (χ4n) is 2.82. The molecule has 3 aromatic rings. The van der Waals surface area contributed by atoms with Gasteiger partial charge in [-0.3, -0.25) is 9.52 Å². The van der Waals surface area contributed by atoms with Gasteiger partial charge in [-0.05, 0) is 48.9 Å². The summed E-state index contributed by atoms with van der Waals surface area (Å²) in [4.78, 5) is 12.6. The molecular formula is C23H22Cl2N2O3S2. The van der Waals surface area contributed by atoms with Crippen molar-refractivity contribution in [2.45, 2.75) is 17.6 Å². The summed E-state index contributed by atoms with van der Waals surface area (Å²) in [5.74, 6) is 1.15. The number of halogens is 2. The number of nitrogens with one attached hydrogen (secondary N) is 2. The topological polar surface area (TPSA) is 75.3 Å². The molecule has 0 atom stereocenters. The molecule has 2 N–H and O–H groups in total. The van der Waals surface area contributed by atoms with Gasteiger partial charge in [-0.1, -0.05) is 59.1 Å². The Hall–Kier alpha value is -2.19. The number of hydrogen-bond acceptors (Lipinski definition) is 4. The quantitative estimate of drug-likeness (QED) is 0.360. The molecule has 3 aromatic carbocycles. The highest BCUT2D eigenvalue weighted by molar-refractivity contribution is 7.98. The summed E-state index contributed by atoms with van der Waals surface area (Å²) in [6, 6.07) is 18.6. The number of amides is 1. The minimum atomic E-state index is -3.75. The molecule has 0 heterocycles. The summed E-state index contributed by atoms with van der Waals surface area (Å²) in [6.45, 7) is 2.34. The number of carbonyl (C=O) groups is 1. The van der Waals surface area contributed by atoms with E-state index < -0.39 is 10.0 Å². The molecule has 5 nitrogen and oxygen atoms in total. The normalized spacial score (nSPS) is 11.2. The van der Waals surface area contributed by atoms with E-state index >= 15 is 0 Å². The third kappa shape index (κ3) is 6.65. The van der Waals surface area contributed by atoms with Crippen LogP contribution in [0.4, 0.5) is 5.69 Å².